The molecule has 2 heterocycles. The van der Waals surface area contributed by atoms with Crippen molar-refractivity contribution in [3.05, 3.63) is 0 Å². The zero-order chi connectivity index (χ0) is 10.7. The van der Waals surface area contributed by atoms with Crippen LogP contribution in [0.25, 0.3) is 0 Å². The summed E-state index contributed by atoms with van der Waals surface area (Å²) < 4.78 is 5.44. The van der Waals surface area contributed by atoms with Gasteiger partial charge in [-0.05, 0) is 31.6 Å². The SMILES string of the molecule is O=C1C(Br)CCCN1CC1CCCOC1. The molecule has 0 radical (unpaired) electrons. The van der Waals surface area contributed by atoms with Crippen LogP contribution < -0.4 is 0 Å². The molecule has 4 heteroatoms. The first-order valence-electron chi connectivity index (χ1n) is 5.78. The van der Waals surface area contributed by atoms with Crippen LogP contribution in [0.3, 0.4) is 0 Å². The van der Waals surface area contributed by atoms with Gasteiger partial charge in [0.15, 0.2) is 0 Å². The molecule has 2 atom stereocenters. The van der Waals surface area contributed by atoms with Gasteiger partial charge in [0.2, 0.25) is 5.91 Å². The van der Waals surface area contributed by atoms with E-state index in [4.69, 9.17) is 4.74 Å². The van der Waals surface area contributed by atoms with Crippen LogP contribution in [0.2, 0.25) is 0 Å². The number of ether oxygens (including phenoxy) is 1. The van der Waals surface area contributed by atoms with Gasteiger partial charge in [0.1, 0.15) is 0 Å². The van der Waals surface area contributed by atoms with Crippen LogP contribution in [0.4, 0.5) is 0 Å². The summed E-state index contributed by atoms with van der Waals surface area (Å²) in [5.41, 5.74) is 0. The number of piperidine rings is 1. The molecule has 2 saturated heterocycles. The first kappa shape index (κ1) is 11.4. The van der Waals surface area contributed by atoms with E-state index in [0.29, 0.717) is 5.92 Å². The van der Waals surface area contributed by atoms with Crippen molar-refractivity contribution in [2.45, 2.75) is 30.5 Å². The first-order valence-corrected chi connectivity index (χ1v) is 6.69. The highest BCUT2D eigenvalue weighted by molar-refractivity contribution is 9.10. The predicted molar refractivity (Wildman–Crippen MR) is 62.1 cm³/mol. The third-order valence-electron chi connectivity index (χ3n) is 3.20. The molecule has 86 valence electrons. The minimum absolute atomic E-state index is 0.0516. The Hall–Kier alpha value is -0.0900. The Balaban J connectivity index is 1.84. The fourth-order valence-electron chi connectivity index (χ4n) is 2.34. The molecular formula is C11H18BrNO2. The smallest absolute Gasteiger partial charge is 0.236 e. The molecule has 15 heavy (non-hydrogen) atoms. The molecule has 2 aliphatic heterocycles. The second kappa shape index (κ2) is 5.30. The van der Waals surface area contributed by atoms with Crippen LogP contribution >= 0.6 is 15.9 Å². The first-order chi connectivity index (χ1) is 7.27. The van der Waals surface area contributed by atoms with Crippen molar-refractivity contribution in [3.63, 3.8) is 0 Å². The van der Waals surface area contributed by atoms with Crippen molar-refractivity contribution in [1.82, 2.24) is 4.90 Å². The van der Waals surface area contributed by atoms with Gasteiger partial charge in [-0.3, -0.25) is 4.79 Å². The van der Waals surface area contributed by atoms with Crippen molar-refractivity contribution in [2.75, 3.05) is 26.3 Å². The molecule has 0 N–H and O–H groups in total. The Kier molecular flexibility index (Phi) is 4.03. The van der Waals surface area contributed by atoms with Crippen LogP contribution in [0, 0.1) is 5.92 Å². The minimum atomic E-state index is 0.0516. The van der Waals surface area contributed by atoms with Gasteiger partial charge in [-0.25, -0.2) is 0 Å². The average Bonchev–Trinajstić information content (AvgIpc) is 2.26. The summed E-state index contributed by atoms with van der Waals surface area (Å²) in [6.45, 7) is 3.54. The summed E-state index contributed by atoms with van der Waals surface area (Å²) in [4.78, 5) is 13.9. The number of carbonyl (C=O) groups excluding carboxylic acids is 1. The highest BCUT2D eigenvalue weighted by Crippen LogP contribution is 2.22. The Morgan fingerprint density at radius 2 is 2.27 bits per heavy atom. The number of halogens is 1. The maximum atomic E-state index is 11.8. The zero-order valence-corrected chi connectivity index (χ0v) is 10.5. The zero-order valence-electron chi connectivity index (χ0n) is 8.95. The molecular weight excluding hydrogens is 258 g/mol. The average molecular weight is 276 g/mol. The lowest BCUT2D eigenvalue weighted by molar-refractivity contribution is -0.133. The second-order valence-electron chi connectivity index (χ2n) is 4.48. The van der Waals surface area contributed by atoms with Crippen LogP contribution in [0.1, 0.15) is 25.7 Å². The van der Waals surface area contributed by atoms with Gasteiger partial charge in [0, 0.05) is 19.7 Å². The van der Waals surface area contributed by atoms with E-state index < -0.39 is 0 Å². The molecule has 2 unspecified atom stereocenters. The molecule has 0 aromatic rings. The van der Waals surface area contributed by atoms with E-state index in [1.165, 1.54) is 6.42 Å². The molecule has 0 spiro atoms. The van der Waals surface area contributed by atoms with Gasteiger partial charge in [-0.1, -0.05) is 15.9 Å². The summed E-state index contributed by atoms with van der Waals surface area (Å²) in [6, 6.07) is 0. The Labute approximate surface area is 99.3 Å². The van der Waals surface area contributed by atoms with E-state index in [1.54, 1.807) is 0 Å². The summed E-state index contributed by atoms with van der Waals surface area (Å²) in [5, 5.41) is 0. The fraction of sp³-hybridized carbons (Fsp3) is 0.909. The molecule has 2 rings (SSSR count). The highest BCUT2D eigenvalue weighted by Gasteiger charge is 2.28. The van der Waals surface area contributed by atoms with Crippen molar-refractivity contribution in [1.29, 1.82) is 0 Å². The maximum Gasteiger partial charge on any atom is 0.236 e. The van der Waals surface area contributed by atoms with E-state index in [9.17, 15) is 4.79 Å². The van der Waals surface area contributed by atoms with Crippen molar-refractivity contribution in [3.8, 4) is 0 Å². The summed E-state index contributed by atoms with van der Waals surface area (Å²) in [7, 11) is 0. The number of alkyl halides is 1. The molecule has 3 nitrogen and oxygen atoms in total. The van der Waals surface area contributed by atoms with Crippen LogP contribution in [0.15, 0.2) is 0 Å². The normalized spacial score (nSPS) is 33.1. The van der Waals surface area contributed by atoms with Gasteiger partial charge in [0.25, 0.3) is 0 Å². The molecule has 0 bridgehead atoms. The van der Waals surface area contributed by atoms with E-state index in [2.05, 4.69) is 15.9 Å². The number of hydrogen-bond acceptors (Lipinski definition) is 2. The largest absolute Gasteiger partial charge is 0.381 e. The van der Waals surface area contributed by atoms with Crippen molar-refractivity contribution in [2.24, 2.45) is 5.92 Å². The number of likely N-dealkylation sites (tertiary alicyclic amines) is 1. The lowest BCUT2D eigenvalue weighted by Crippen LogP contribution is -2.45. The molecule has 2 aliphatic rings. The van der Waals surface area contributed by atoms with E-state index in [1.807, 2.05) is 4.90 Å². The van der Waals surface area contributed by atoms with Crippen LogP contribution in [0.5, 0.6) is 0 Å². The lowest BCUT2D eigenvalue weighted by atomic mass is 10.00. The van der Waals surface area contributed by atoms with Gasteiger partial charge in [-0.2, -0.15) is 0 Å². The molecule has 2 fully saturated rings. The van der Waals surface area contributed by atoms with E-state index >= 15 is 0 Å². The van der Waals surface area contributed by atoms with Gasteiger partial charge < -0.3 is 9.64 Å². The Bertz CT molecular complexity index is 229. The third-order valence-corrected chi connectivity index (χ3v) is 4.05. The Morgan fingerprint density at radius 1 is 1.40 bits per heavy atom. The standard InChI is InChI=1S/C11H18BrNO2/c12-10-4-1-5-13(11(10)14)7-9-3-2-6-15-8-9/h9-10H,1-8H2. The number of nitrogens with zero attached hydrogens (tertiary/aromatic N) is 1. The van der Waals surface area contributed by atoms with Crippen molar-refractivity contribution >= 4 is 21.8 Å². The number of rotatable bonds is 2. The fourth-order valence-corrected chi connectivity index (χ4v) is 2.95. The van der Waals surface area contributed by atoms with Crippen LogP contribution in [-0.2, 0) is 9.53 Å². The molecule has 0 saturated carbocycles. The number of hydrogen-bond donors (Lipinski definition) is 0. The molecule has 0 aliphatic carbocycles. The van der Waals surface area contributed by atoms with E-state index in [-0.39, 0.29) is 10.7 Å². The van der Waals surface area contributed by atoms with Crippen LogP contribution in [-0.4, -0.2) is 41.9 Å². The second-order valence-corrected chi connectivity index (χ2v) is 5.58. The summed E-state index contributed by atoms with van der Waals surface area (Å²) in [5.74, 6) is 0.826. The number of carbonyl (C=O) groups is 1. The van der Waals surface area contributed by atoms with E-state index in [0.717, 1.165) is 45.6 Å². The predicted octanol–water partition coefficient (Wildman–Crippen LogP) is 1.80. The Morgan fingerprint density at radius 3 is 3.00 bits per heavy atom. The molecule has 1 amide bonds. The quantitative estimate of drug-likeness (QED) is 0.720. The summed E-state index contributed by atoms with van der Waals surface area (Å²) in [6.07, 6.45) is 4.45. The summed E-state index contributed by atoms with van der Waals surface area (Å²) >= 11 is 3.44. The minimum Gasteiger partial charge on any atom is -0.381 e. The molecule has 0 aromatic heterocycles. The van der Waals surface area contributed by atoms with Crippen molar-refractivity contribution < 1.29 is 9.53 Å². The third kappa shape index (κ3) is 2.94. The monoisotopic (exact) mass is 275 g/mol. The molecule has 0 aromatic carbocycles. The topological polar surface area (TPSA) is 29.5 Å². The number of amides is 1. The van der Waals surface area contributed by atoms with Gasteiger partial charge in [-0.15, -0.1) is 0 Å². The lowest BCUT2D eigenvalue weighted by Gasteiger charge is -2.34. The van der Waals surface area contributed by atoms with Gasteiger partial charge in [0.05, 0.1) is 11.4 Å². The van der Waals surface area contributed by atoms with Gasteiger partial charge >= 0.3 is 0 Å². The highest BCUT2D eigenvalue weighted by atomic mass is 79.9. The maximum absolute atomic E-state index is 11.8.